The quantitative estimate of drug-likeness (QED) is 0.728. The number of hydrogen-bond acceptors (Lipinski definition) is 2. The molecule has 0 aliphatic carbocycles. The SMILES string of the molecule is CCCCOc1ccccc1C(C)NCC(C)(C)C. The van der Waals surface area contributed by atoms with Gasteiger partial charge >= 0.3 is 0 Å². The van der Waals surface area contributed by atoms with Crippen LogP contribution in [0.25, 0.3) is 0 Å². The third-order valence-corrected chi connectivity index (χ3v) is 3.08. The maximum atomic E-state index is 5.89. The molecule has 1 aromatic carbocycles. The van der Waals surface area contributed by atoms with E-state index in [2.05, 4.69) is 58.1 Å². The van der Waals surface area contributed by atoms with E-state index >= 15 is 0 Å². The molecule has 1 unspecified atom stereocenters. The summed E-state index contributed by atoms with van der Waals surface area (Å²) in [6.07, 6.45) is 2.28. The molecule has 0 heterocycles. The first-order chi connectivity index (χ1) is 8.94. The van der Waals surface area contributed by atoms with Crippen LogP contribution in [-0.4, -0.2) is 13.2 Å². The fourth-order valence-electron chi connectivity index (χ4n) is 1.87. The van der Waals surface area contributed by atoms with Crippen LogP contribution in [0.15, 0.2) is 24.3 Å². The number of ether oxygens (including phenoxy) is 1. The van der Waals surface area contributed by atoms with Gasteiger partial charge in [0.25, 0.3) is 0 Å². The normalized spacial score (nSPS) is 13.3. The molecule has 0 aromatic heterocycles. The van der Waals surface area contributed by atoms with Crippen LogP contribution in [0.3, 0.4) is 0 Å². The van der Waals surface area contributed by atoms with Gasteiger partial charge in [-0.15, -0.1) is 0 Å². The van der Waals surface area contributed by atoms with E-state index < -0.39 is 0 Å². The van der Waals surface area contributed by atoms with Crippen molar-refractivity contribution in [3.63, 3.8) is 0 Å². The Bertz CT molecular complexity index is 368. The summed E-state index contributed by atoms with van der Waals surface area (Å²) in [5.74, 6) is 1.02. The van der Waals surface area contributed by atoms with E-state index in [1.54, 1.807) is 0 Å². The summed E-state index contributed by atoms with van der Waals surface area (Å²) in [6.45, 7) is 12.9. The molecule has 0 aliphatic rings. The molecule has 0 bridgehead atoms. The molecule has 1 aromatic rings. The summed E-state index contributed by atoms with van der Waals surface area (Å²) in [4.78, 5) is 0. The summed E-state index contributed by atoms with van der Waals surface area (Å²) >= 11 is 0. The van der Waals surface area contributed by atoms with Crippen molar-refractivity contribution in [1.29, 1.82) is 0 Å². The summed E-state index contributed by atoms with van der Waals surface area (Å²) in [7, 11) is 0. The van der Waals surface area contributed by atoms with Crippen LogP contribution >= 0.6 is 0 Å². The zero-order valence-electron chi connectivity index (χ0n) is 13.1. The van der Waals surface area contributed by atoms with Crippen molar-refractivity contribution in [3.8, 4) is 5.75 Å². The third kappa shape index (κ3) is 6.11. The van der Waals surface area contributed by atoms with Crippen LogP contribution in [0.5, 0.6) is 5.75 Å². The number of hydrogen-bond donors (Lipinski definition) is 1. The lowest BCUT2D eigenvalue weighted by Gasteiger charge is -2.24. The summed E-state index contributed by atoms with van der Waals surface area (Å²) in [5, 5.41) is 3.59. The highest BCUT2D eigenvalue weighted by Crippen LogP contribution is 2.25. The Morgan fingerprint density at radius 3 is 2.53 bits per heavy atom. The van der Waals surface area contributed by atoms with Gasteiger partial charge in [-0.2, -0.15) is 0 Å². The summed E-state index contributed by atoms with van der Waals surface area (Å²) in [6, 6.07) is 8.66. The molecule has 1 rings (SSSR count). The number of para-hydroxylation sites is 1. The van der Waals surface area contributed by atoms with Crippen LogP contribution in [0, 0.1) is 5.41 Å². The first kappa shape index (κ1) is 16.0. The van der Waals surface area contributed by atoms with Crippen molar-refractivity contribution in [2.45, 2.75) is 53.5 Å². The van der Waals surface area contributed by atoms with Gasteiger partial charge in [0.15, 0.2) is 0 Å². The second-order valence-corrected chi connectivity index (χ2v) is 6.40. The van der Waals surface area contributed by atoms with Crippen LogP contribution in [-0.2, 0) is 0 Å². The Balaban J connectivity index is 2.64. The highest BCUT2D eigenvalue weighted by atomic mass is 16.5. The van der Waals surface area contributed by atoms with Crippen molar-refractivity contribution in [1.82, 2.24) is 5.32 Å². The van der Waals surface area contributed by atoms with Crippen molar-refractivity contribution in [3.05, 3.63) is 29.8 Å². The van der Waals surface area contributed by atoms with Crippen molar-refractivity contribution >= 4 is 0 Å². The zero-order chi connectivity index (χ0) is 14.3. The van der Waals surface area contributed by atoms with Crippen LogP contribution in [0.1, 0.15) is 59.1 Å². The first-order valence-electron chi connectivity index (χ1n) is 7.39. The molecule has 0 spiro atoms. The summed E-state index contributed by atoms with van der Waals surface area (Å²) < 4.78 is 5.89. The van der Waals surface area contributed by atoms with E-state index in [0.717, 1.165) is 25.3 Å². The van der Waals surface area contributed by atoms with Gasteiger partial charge in [-0.25, -0.2) is 0 Å². The third-order valence-electron chi connectivity index (χ3n) is 3.08. The molecule has 1 atom stereocenters. The minimum Gasteiger partial charge on any atom is -0.493 e. The molecule has 0 saturated carbocycles. The van der Waals surface area contributed by atoms with Gasteiger partial charge in [-0.1, -0.05) is 52.3 Å². The molecule has 2 nitrogen and oxygen atoms in total. The Morgan fingerprint density at radius 2 is 1.89 bits per heavy atom. The number of unbranched alkanes of at least 4 members (excludes halogenated alkanes) is 1. The van der Waals surface area contributed by atoms with Crippen LogP contribution in [0.2, 0.25) is 0 Å². The Labute approximate surface area is 118 Å². The van der Waals surface area contributed by atoms with E-state index in [1.807, 2.05) is 6.07 Å². The van der Waals surface area contributed by atoms with Crippen molar-refractivity contribution in [2.24, 2.45) is 5.41 Å². The largest absolute Gasteiger partial charge is 0.493 e. The second kappa shape index (κ2) is 7.54. The van der Waals surface area contributed by atoms with E-state index in [9.17, 15) is 0 Å². The lowest BCUT2D eigenvalue weighted by atomic mass is 9.96. The second-order valence-electron chi connectivity index (χ2n) is 6.40. The van der Waals surface area contributed by atoms with Gasteiger partial charge in [-0.05, 0) is 24.8 Å². The van der Waals surface area contributed by atoms with E-state index in [-0.39, 0.29) is 0 Å². The lowest BCUT2D eigenvalue weighted by Crippen LogP contribution is -2.29. The van der Waals surface area contributed by atoms with Gasteiger partial charge in [0, 0.05) is 18.2 Å². The molecule has 2 heteroatoms. The number of nitrogens with one attached hydrogen (secondary N) is 1. The summed E-state index contributed by atoms with van der Waals surface area (Å²) in [5.41, 5.74) is 1.55. The topological polar surface area (TPSA) is 21.3 Å². The predicted octanol–water partition coefficient (Wildman–Crippen LogP) is 4.56. The first-order valence-corrected chi connectivity index (χ1v) is 7.39. The smallest absolute Gasteiger partial charge is 0.124 e. The van der Waals surface area contributed by atoms with E-state index in [1.165, 1.54) is 12.0 Å². The molecule has 0 fully saturated rings. The Morgan fingerprint density at radius 1 is 1.21 bits per heavy atom. The van der Waals surface area contributed by atoms with E-state index in [4.69, 9.17) is 4.74 Å². The molecule has 1 N–H and O–H groups in total. The average Bonchev–Trinajstić information content (AvgIpc) is 2.36. The fourth-order valence-corrected chi connectivity index (χ4v) is 1.87. The lowest BCUT2D eigenvalue weighted by molar-refractivity contribution is 0.300. The van der Waals surface area contributed by atoms with Crippen molar-refractivity contribution < 1.29 is 4.74 Å². The molecule has 0 radical (unpaired) electrons. The van der Waals surface area contributed by atoms with Gasteiger partial charge < -0.3 is 10.1 Å². The maximum Gasteiger partial charge on any atom is 0.124 e. The minimum absolute atomic E-state index is 0.298. The maximum absolute atomic E-state index is 5.89. The highest BCUT2D eigenvalue weighted by molar-refractivity contribution is 5.35. The standard InChI is InChI=1S/C17H29NO/c1-6-7-12-19-16-11-9-8-10-15(16)14(2)18-13-17(3,4)5/h8-11,14,18H,6-7,12-13H2,1-5H3. The fraction of sp³-hybridized carbons (Fsp3) is 0.647. The molecule has 0 aliphatic heterocycles. The monoisotopic (exact) mass is 263 g/mol. The molecular formula is C17H29NO. The molecule has 0 saturated heterocycles. The average molecular weight is 263 g/mol. The molecule has 108 valence electrons. The molecule has 0 amide bonds. The zero-order valence-corrected chi connectivity index (χ0v) is 13.1. The van der Waals surface area contributed by atoms with Gasteiger partial charge in [0.2, 0.25) is 0 Å². The Kier molecular flexibility index (Phi) is 6.36. The minimum atomic E-state index is 0.298. The van der Waals surface area contributed by atoms with Crippen LogP contribution < -0.4 is 10.1 Å². The van der Waals surface area contributed by atoms with Crippen LogP contribution in [0.4, 0.5) is 0 Å². The van der Waals surface area contributed by atoms with E-state index in [0.29, 0.717) is 11.5 Å². The number of rotatable bonds is 7. The Hall–Kier alpha value is -1.02. The molecule has 19 heavy (non-hydrogen) atoms. The van der Waals surface area contributed by atoms with Gasteiger partial charge in [0.1, 0.15) is 5.75 Å². The van der Waals surface area contributed by atoms with Gasteiger partial charge in [-0.3, -0.25) is 0 Å². The number of benzene rings is 1. The van der Waals surface area contributed by atoms with Gasteiger partial charge in [0.05, 0.1) is 6.61 Å². The van der Waals surface area contributed by atoms with Crippen molar-refractivity contribution in [2.75, 3.05) is 13.2 Å². The molecular weight excluding hydrogens is 234 g/mol. The highest BCUT2D eigenvalue weighted by Gasteiger charge is 2.15. The predicted molar refractivity (Wildman–Crippen MR) is 82.7 cm³/mol.